The van der Waals surface area contributed by atoms with Crippen molar-refractivity contribution in [2.45, 2.75) is 46.2 Å². The van der Waals surface area contributed by atoms with Crippen molar-refractivity contribution < 1.29 is 18.8 Å². The number of hydrogen-bond donors (Lipinski definition) is 1. The first-order valence-electron chi connectivity index (χ1n) is 6.27. The van der Waals surface area contributed by atoms with Gasteiger partial charge in [-0.3, -0.25) is 4.21 Å². The third kappa shape index (κ3) is 2.60. The van der Waals surface area contributed by atoms with Gasteiger partial charge in [-0.2, -0.15) is 0 Å². The number of rotatable bonds is 3. The van der Waals surface area contributed by atoms with Gasteiger partial charge in [0.05, 0.1) is 34.5 Å². The van der Waals surface area contributed by atoms with E-state index in [-0.39, 0.29) is 24.9 Å². The molecular formula is C13H16O4S2. The molecule has 19 heavy (non-hydrogen) atoms. The summed E-state index contributed by atoms with van der Waals surface area (Å²) in [7, 11) is -1.16. The molecule has 5 atom stereocenters. The lowest BCUT2D eigenvalue weighted by molar-refractivity contribution is -0.0384. The fraction of sp³-hybridized carbons (Fsp3) is 0.538. The molecule has 0 bridgehead atoms. The van der Waals surface area contributed by atoms with Gasteiger partial charge in [0.15, 0.2) is 4.77 Å². The highest BCUT2D eigenvalue weighted by atomic mass is 32.2. The highest BCUT2D eigenvalue weighted by Crippen LogP contribution is 2.42. The molecule has 1 N–H and O–H groups in total. The molecule has 2 aliphatic rings. The zero-order valence-corrected chi connectivity index (χ0v) is 12.2. The highest BCUT2D eigenvalue weighted by molar-refractivity contribution is 8.13. The van der Waals surface area contributed by atoms with E-state index in [4.69, 9.17) is 9.47 Å². The van der Waals surface area contributed by atoms with E-state index in [0.717, 1.165) is 16.2 Å². The fourth-order valence-corrected chi connectivity index (χ4v) is 5.45. The maximum atomic E-state index is 12.3. The Labute approximate surface area is 118 Å². The van der Waals surface area contributed by atoms with Crippen LogP contribution in [-0.4, -0.2) is 39.0 Å². The van der Waals surface area contributed by atoms with Crippen LogP contribution in [0.15, 0.2) is 34.1 Å². The summed E-state index contributed by atoms with van der Waals surface area (Å²) in [6.45, 7) is 1.89. The Morgan fingerprint density at radius 3 is 3.05 bits per heavy atom. The van der Waals surface area contributed by atoms with Crippen LogP contribution in [0.1, 0.15) is 13.3 Å². The molecule has 0 aliphatic carbocycles. The number of fused-ring (bicyclic) bond motifs is 1. The molecule has 0 saturated carbocycles. The van der Waals surface area contributed by atoms with E-state index in [2.05, 4.69) is 0 Å². The Hall–Kier alpha value is -0.400. The van der Waals surface area contributed by atoms with Gasteiger partial charge in [-0.15, -0.1) is 0 Å². The van der Waals surface area contributed by atoms with Gasteiger partial charge in [-0.05, 0) is 19.1 Å². The van der Waals surface area contributed by atoms with Crippen molar-refractivity contribution in [3.63, 3.8) is 0 Å². The number of thioether (sulfide) groups is 1. The average Bonchev–Trinajstić information content (AvgIpc) is 2.92. The Balaban J connectivity index is 1.71. The second kappa shape index (κ2) is 5.54. The van der Waals surface area contributed by atoms with Crippen LogP contribution in [0.2, 0.25) is 0 Å². The summed E-state index contributed by atoms with van der Waals surface area (Å²) in [4.78, 5) is 1.85. The van der Waals surface area contributed by atoms with Gasteiger partial charge in [-0.25, -0.2) is 0 Å². The van der Waals surface area contributed by atoms with Gasteiger partial charge >= 0.3 is 0 Å². The average molecular weight is 300 g/mol. The zero-order valence-electron chi connectivity index (χ0n) is 10.5. The van der Waals surface area contributed by atoms with Crippen molar-refractivity contribution in [1.82, 2.24) is 0 Å². The van der Waals surface area contributed by atoms with Gasteiger partial charge in [0.25, 0.3) is 0 Å². The molecule has 3 rings (SSSR count). The first-order valence-corrected chi connectivity index (χ1v) is 8.36. The fourth-order valence-electron chi connectivity index (χ4n) is 2.41. The second-order valence-corrected chi connectivity index (χ2v) is 7.59. The maximum absolute atomic E-state index is 12.3. The van der Waals surface area contributed by atoms with Gasteiger partial charge in [0, 0.05) is 11.3 Å². The second-order valence-electron chi connectivity index (χ2n) is 4.73. The van der Waals surface area contributed by atoms with Crippen LogP contribution >= 0.6 is 11.8 Å². The van der Waals surface area contributed by atoms with Crippen LogP contribution in [0, 0.1) is 0 Å². The minimum absolute atomic E-state index is 0.0635. The molecule has 104 valence electrons. The van der Waals surface area contributed by atoms with Gasteiger partial charge < -0.3 is 14.6 Å². The van der Waals surface area contributed by atoms with E-state index in [1.807, 2.05) is 31.2 Å². The molecule has 1 fully saturated rings. The van der Waals surface area contributed by atoms with E-state index in [1.54, 1.807) is 0 Å². The first-order chi connectivity index (χ1) is 9.19. The zero-order chi connectivity index (χ0) is 13.4. The molecule has 0 amide bonds. The summed E-state index contributed by atoms with van der Waals surface area (Å²) in [6, 6.07) is 7.65. The van der Waals surface area contributed by atoms with E-state index in [1.165, 1.54) is 11.8 Å². The Kier molecular flexibility index (Phi) is 3.96. The van der Waals surface area contributed by atoms with Gasteiger partial charge in [-0.1, -0.05) is 23.9 Å². The Bertz CT molecular complexity index is 493. The molecular weight excluding hydrogens is 284 g/mol. The largest absolute Gasteiger partial charge is 0.394 e. The van der Waals surface area contributed by atoms with Crippen molar-refractivity contribution in [1.29, 1.82) is 0 Å². The normalized spacial score (nSPS) is 37.5. The quantitative estimate of drug-likeness (QED) is 0.921. The third-order valence-electron chi connectivity index (χ3n) is 3.32. The molecule has 4 nitrogen and oxygen atoms in total. The lowest BCUT2D eigenvalue weighted by atomic mass is 10.1. The molecule has 1 aromatic rings. The predicted octanol–water partition coefficient (Wildman–Crippen LogP) is 1.74. The van der Waals surface area contributed by atoms with Crippen molar-refractivity contribution in [2.75, 3.05) is 6.61 Å². The highest BCUT2D eigenvalue weighted by Gasteiger charge is 2.39. The number of benzene rings is 1. The number of hydrogen-bond acceptors (Lipinski definition) is 5. The third-order valence-corrected chi connectivity index (χ3v) is 6.42. The van der Waals surface area contributed by atoms with Crippen LogP contribution in [-0.2, 0) is 20.3 Å². The predicted molar refractivity (Wildman–Crippen MR) is 73.4 cm³/mol. The standard InChI is InChI=1S/C13H16O4S2/c1-8-6-9(10(7-14)16-8)17-13-18-11-4-2-3-5-12(11)19(13)15/h2-5,8-10,13-14H,6-7H2,1H3/t8-,9+,10+,13?,19?/m0/s1. The molecule has 1 saturated heterocycles. The lowest BCUT2D eigenvalue weighted by Crippen LogP contribution is -2.31. The maximum Gasteiger partial charge on any atom is 0.188 e. The van der Waals surface area contributed by atoms with E-state index in [9.17, 15) is 9.32 Å². The topological polar surface area (TPSA) is 55.8 Å². The minimum Gasteiger partial charge on any atom is -0.394 e. The SMILES string of the molecule is C[C@H]1C[C@@H](OC2Sc3ccccc3S2=O)[C@@H](CO)O1. The van der Waals surface area contributed by atoms with E-state index < -0.39 is 15.6 Å². The number of aliphatic hydroxyl groups is 1. The molecule has 2 aliphatic heterocycles. The van der Waals surface area contributed by atoms with Gasteiger partial charge in [0.2, 0.25) is 0 Å². The summed E-state index contributed by atoms with van der Waals surface area (Å²) < 4.78 is 23.4. The Morgan fingerprint density at radius 1 is 1.53 bits per heavy atom. The lowest BCUT2D eigenvalue weighted by Gasteiger charge is -2.19. The van der Waals surface area contributed by atoms with Gasteiger partial charge in [0.1, 0.15) is 6.10 Å². The van der Waals surface area contributed by atoms with Crippen LogP contribution in [0.3, 0.4) is 0 Å². The van der Waals surface area contributed by atoms with Crippen LogP contribution in [0.25, 0.3) is 0 Å². The minimum atomic E-state index is -1.16. The van der Waals surface area contributed by atoms with Crippen molar-refractivity contribution in [2.24, 2.45) is 0 Å². The first kappa shape index (κ1) is 13.6. The molecule has 2 heterocycles. The summed E-state index contributed by atoms with van der Waals surface area (Å²) in [5, 5.41) is 9.28. The number of ether oxygens (including phenoxy) is 2. The summed E-state index contributed by atoms with van der Waals surface area (Å²) in [5.41, 5.74) is 0. The molecule has 0 radical (unpaired) electrons. The number of aliphatic hydroxyl groups excluding tert-OH is 1. The van der Waals surface area contributed by atoms with Crippen LogP contribution < -0.4 is 0 Å². The van der Waals surface area contributed by atoms with E-state index in [0.29, 0.717) is 0 Å². The molecule has 6 heteroatoms. The summed E-state index contributed by atoms with van der Waals surface area (Å²) in [5.74, 6) is 0. The molecule has 0 spiro atoms. The Morgan fingerprint density at radius 2 is 2.32 bits per heavy atom. The smallest absolute Gasteiger partial charge is 0.188 e. The van der Waals surface area contributed by atoms with Crippen LogP contribution in [0.4, 0.5) is 0 Å². The van der Waals surface area contributed by atoms with E-state index >= 15 is 0 Å². The van der Waals surface area contributed by atoms with Crippen molar-refractivity contribution in [3.8, 4) is 0 Å². The van der Waals surface area contributed by atoms with Crippen molar-refractivity contribution in [3.05, 3.63) is 24.3 Å². The monoisotopic (exact) mass is 300 g/mol. The van der Waals surface area contributed by atoms with Crippen LogP contribution in [0.5, 0.6) is 0 Å². The summed E-state index contributed by atoms with van der Waals surface area (Å²) in [6.07, 6.45) is 0.312. The summed E-state index contributed by atoms with van der Waals surface area (Å²) >= 11 is 1.49. The van der Waals surface area contributed by atoms with Crippen molar-refractivity contribution >= 4 is 22.6 Å². The molecule has 0 aromatic heterocycles. The molecule has 2 unspecified atom stereocenters. The molecule has 1 aromatic carbocycles.